The van der Waals surface area contributed by atoms with Gasteiger partial charge in [0.25, 0.3) is 0 Å². The van der Waals surface area contributed by atoms with E-state index >= 15 is 0 Å². The molecule has 0 radical (unpaired) electrons. The lowest BCUT2D eigenvalue weighted by Crippen LogP contribution is -2.44. The highest BCUT2D eigenvalue weighted by molar-refractivity contribution is 6.32. The number of aryl methyl sites for hydroxylation is 1. The minimum atomic E-state index is 0.540. The standard InChI is InChI=1S/C24H29ClN6O/c1-4-17-16-26-24(29-23(17)27-19-7-10-21(25)22(15-19)32-3)28-18-5-8-20(9-6-18)31-13-11-30(2)12-14-31/h5-10,15-16H,4,11-14H2,1-3H3,(H2,26,27,28,29). The van der Waals surface area contributed by atoms with Gasteiger partial charge in [0.05, 0.1) is 12.1 Å². The molecule has 1 fully saturated rings. The SMILES string of the molecule is CCc1cnc(Nc2ccc(N3CCN(C)CC3)cc2)nc1Nc1ccc(Cl)c(OC)c1. The summed E-state index contributed by atoms with van der Waals surface area (Å²) in [6.07, 6.45) is 2.66. The molecule has 0 spiro atoms. The molecule has 0 unspecified atom stereocenters. The second kappa shape index (κ2) is 10.1. The van der Waals surface area contributed by atoms with Crippen LogP contribution in [0.2, 0.25) is 5.02 Å². The molecule has 4 rings (SSSR count). The lowest BCUT2D eigenvalue weighted by Gasteiger charge is -2.34. The molecule has 1 aromatic heterocycles. The van der Waals surface area contributed by atoms with Crippen LogP contribution < -0.4 is 20.3 Å². The van der Waals surface area contributed by atoms with Gasteiger partial charge in [0.2, 0.25) is 5.95 Å². The molecular weight excluding hydrogens is 424 g/mol. The van der Waals surface area contributed by atoms with Crippen LogP contribution in [-0.4, -0.2) is 55.2 Å². The van der Waals surface area contributed by atoms with E-state index in [0.717, 1.165) is 55.4 Å². The fourth-order valence-corrected chi connectivity index (χ4v) is 3.85. The normalized spacial score (nSPS) is 14.3. The van der Waals surface area contributed by atoms with Crippen molar-refractivity contribution in [3.05, 3.63) is 59.2 Å². The van der Waals surface area contributed by atoms with Crippen LogP contribution in [0.25, 0.3) is 0 Å². The molecule has 2 N–H and O–H groups in total. The Morgan fingerprint density at radius 1 is 1.00 bits per heavy atom. The van der Waals surface area contributed by atoms with Crippen LogP contribution in [0.1, 0.15) is 12.5 Å². The highest BCUT2D eigenvalue weighted by atomic mass is 35.5. The van der Waals surface area contributed by atoms with Crippen LogP contribution in [0, 0.1) is 0 Å². The first-order valence-electron chi connectivity index (χ1n) is 10.8. The van der Waals surface area contributed by atoms with Crippen molar-refractivity contribution in [3.63, 3.8) is 0 Å². The number of anilines is 5. The van der Waals surface area contributed by atoms with Gasteiger partial charge in [-0.15, -0.1) is 0 Å². The zero-order chi connectivity index (χ0) is 22.5. The zero-order valence-electron chi connectivity index (χ0n) is 18.7. The van der Waals surface area contributed by atoms with Gasteiger partial charge in [-0.05, 0) is 49.9 Å². The van der Waals surface area contributed by atoms with Gasteiger partial charge in [-0.2, -0.15) is 4.98 Å². The maximum atomic E-state index is 6.15. The Bertz CT molecular complexity index is 1050. The molecule has 2 heterocycles. The first-order valence-corrected chi connectivity index (χ1v) is 11.2. The first-order chi connectivity index (χ1) is 15.6. The summed E-state index contributed by atoms with van der Waals surface area (Å²) < 4.78 is 5.32. The van der Waals surface area contributed by atoms with Gasteiger partial charge in [-0.25, -0.2) is 4.98 Å². The van der Waals surface area contributed by atoms with E-state index in [9.17, 15) is 0 Å². The lowest BCUT2D eigenvalue weighted by atomic mass is 10.2. The predicted octanol–water partition coefficient (Wildman–Crippen LogP) is 4.94. The number of aromatic nitrogens is 2. The lowest BCUT2D eigenvalue weighted by molar-refractivity contribution is 0.313. The topological polar surface area (TPSA) is 65.6 Å². The van der Waals surface area contributed by atoms with Crippen molar-refractivity contribution in [1.29, 1.82) is 0 Å². The smallest absolute Gasteiger partial charge is 0.229 e. The van der Waals surface area contributed by atoms with E-state index in [-0.39, 0.29) is 0 Å². The van der Waals surface area contributed by atoms with E-state index in [0.29, 0.717) is 16.7 Å². The Morgan fingerprint density at radius 2 is 1.72 bits per heavy atom. The zero-order valence-corrected chi connectivity index (χ0v) is 19.5. The maximum Gasteiger partial charge on any atom is 0.229 e. The second-order valence-electron chi connectivity index (χ2n) is 7.86. The molecule has 0 bridgehead atoms. The molecule has 1 aliphatic rings. The van der Waals surface area contributed by atoms with E-state index < -0.39 is 0 Å². The molecule has 3 aromatic rings. The largest absolute Gasteiger partial charge is 0.495 e. The monoisotopic (exact) mass is 452 g/mol. The number of nitrogens with one attached hydrogen (secondary N) is 2. The molecule has 1 aliphatic heterocycles. The van der Waals surface area contributed by atoms with Crippen LogP contribution in [0.5, 0.6) is 5.75 Å². The minimum Gasteiger partial charge on any atom is -0.495 e. The molecule has 168 valence electrons. The van der Waals surface area contributed by atoms with Crippen molar-refractivity contribution in [1.82, 2.24) is 14.9 Å². The molecule has 7 nitrogen and oxygen atoms in total. The van der Waals surface area contributed by atoms with E-state index in [1.54, 1.807) is 13.2 Å². The molecule has 2 aromatic carbocycles. The van der Waals surface area contributed by atoms with Gasteiger partial charge in [-0.3, -0.25) is 0 Å². The van der Waals surface area contributed by atoms with Gasteiger partial charge in [-0.1, -0.05) is 18.5 Å². The Hall–Kier alpha value is -3.03. The number of nitrogens with zero attached hydrogens (tertiary/aromatic N) is 4. The number of piperazine rings is 1. The number of hydrogen-bond acceptors (Lipinski definition) is 7. The van der Waals surface area contributed by atoms with Crippen LogP contribution in [0.4, 0.5) is 28.8 Å². The van der Waals surface area contributed by atoms with Gasteiger partial charge in [0, 0.05) is 61.1 Å². The van der Waals surface area contributed by atoms with Crippen LogP contribution in [0.3, 0.4) is 0 Å². The van der Waals surface area contributed by atoms with E-state index in [2.05, 4.69) is 63.7 Å². The average molecular weight is 453 g/mol. The van der Waals surface area contributed by atoms with Gasteiger partial charge in [0.1, 0.15) is 11.6 Å². The van der Waals surface area contributed by atoms with Crippen molar-refractivity contribution >= 4 is 40.4 Å². The minimum absolute atomic E-state index is 0.540. The van der Waals surface area contributed by atoms with Gasteiger partial charge >= 0.3 is 0 Å². The number of likely N-dealkylation sites (N-methyl/N-ethyl adjacent to an activating group) is 1. The van der Waals surface area contributed by atoms with Crippen LogP contribution in [0.15, 0.2) is 48.7 Å². The number of ether oxygens (including phenoxy) is 1. The summed E-state index contributed by atoms with van der Waals surface area (Å²) in [4.78, 5) is 14.0. The predicted molar refractivity (Wildman–Crippen MR) is 132 cm³/mol. The quantitative estimate of drug-likeness (QED) is 0.526. The number of methoxy groups -OCH3 is 1. The molecule has 0 aliphatic carbocycles. The fourth-order valence-electron chi connectivity index (χ4n) is 3.66. The molecule has 0 atom stereocenters. The van der Waals surface area contributed by atoms with Gasteiger partial charge in [0.15, 0.2) is 0 Å². The van der Waals surface area contributed by atoms with Crippen LogP contribution in [-0.2, 0) is 6.42 Å². The summed E-state index contributed by atoms with van der Waals surface area (Å²) in [6.45, 7) is 6.36. The summed E-state index contributed by atoms with van der Waals surface area (Å²) in [5, 5.41) is 7.25. The Labute approximate surface area is 194 Å². The third kappa shape index (κ3) is 5.23. The Kier molecular flexibility index (Phi) is 6.97. The molecule has 0 saturated carbocycles. The third-order valence-corrected chi connectivity index (χ3v) is 5.96. The average Bonchev–Trinajstić information content (AvgIpc) is 2.81. The Balaban J connectivity index is 1.48. The van der Waals surface area contributed by atoms with Gasteiger partial charge < -0.3 is 25.2 Å². The summed E-state index contributed by atoms with van der Waals surface area (Å²) in [5.41, 5.74) is 4.06. The van der Waals surface area contributed by atoms with E-state index in [4.69, 9.17) is 21.3 Å². The Morgan fingerprint density at radius 3 is 2.41 bits per heavy atom. The first kappa shape index (κ1) is 22.2. The summed E-state index contributed by atoms with van der Waals surface area (Å²) >= 11 is 6.15. The van der Waals surface area contributed by atoms with Crippen LogP contribution >= 0.6 is 11.6 Å². The van der Waals surface area contributed by atoms with Crippen molar-refractivity contribution in [3.8, 4) is 5.75 Å². The third-order valence-electron chi connectivity index (χ3n) is 5.65. The summed E-state index contributed by atoms with van der Waals surface area (Å²) in [7, 11) is 3.77. The number of rotatable bonds is 7. The van der Waals surface area contributed by atoms with Crippen molar-refractivity contribution < 1.29 is 4.74 Å². The highest BCUT2D eigenvalue weighted by Crippen LogP contribution is 2.30. The molecule has 8 heteroatoms. The van der Waals surface area contributed by atoms with Crippen molar-refractivity contribution in [2.24, 2.45) is 0 Å². The van der Waals surface area contributed by atoms with Crippen molar-refractivity contribution in [2.45, 2.75) is 13.3 Å². The maximum absolute atomic E-state index is 6.15. The fraction of sp³-hybridized carbons (Fsp3) is 0.333. The van der Waals surface area contributed by atoms with E-state index in [1.165, 1.54) is 5.69 Å². The number of halogens is 1. The molecular formula is C24H29ClN6O. The molecule has 1 saturated heterocycles. The van der Waals surface area contributed by atoms with E-state index in [1.807, 2.05) is 18.3 Å². The number of benzene rings is 2. The highest BCUT2D eigenvalue weighted by Gasteiger charge is 2.14. The molecule has 32 heavy (non-hydrogen) atoms. The number of hydrogen-bond donors (Lipinski definition) is 2. The van der Waals surface area contributed by atoms with Crippen molar-refractivity contribution in [2.75, 3.05) is 55.9 Å². The molecule has 0 amide bonds. The summed E-state index contributed by atoms with van der Waals surface area (Å²) in [5.74, 6) is 1.91. The summed E-state index contributed by atoms with van der Waals surface area (Å²) in [6, 6.07) is 14.0. The second-order valence-corrected chi connectivity index (χ2v) is 8.26.